The Kier molecular flexibility index (Phi) is 2.57. The van der Waals surface area contributed by atoms with Crippen molar-refractivity contribution in [2.45, 2.75) is 13.5 Å². The van der Waals surface area contributed by atoms with Crippen molar-refractivity contribution in [3.8, 4) is 0 Å². The Morgan fingerprint density at radius 1 is 1.14 bits per heavy atom. The van der Waals surface area contributed by atoms with Gasteiger partial charge in [0.15, 0.2) is 0 Å². The number of hydrogen-bond donors (Lipinski definition) is 1. The lowest BCUT2D eigenvalue weighted by Gasteiger charge is -2.08. The minimum atomic E-state index is 0.605. The Bertz CT molecular complexity index is 477. The third kappa shape index (κ3) is 1.45. The lowest BCUT2D eigenvalue weighted by atomic mass is 10.0. The summed E-state index contributed by atoms with van der Waals surface area (Å²) in [5.74, 6) is 0. The summed E-state index contributed by atoms with van der Waals surface area (Å²) in [6.45, 7) is 2.73. The van der Waals surface area contributed by atoms with E-state index in [9.17, 15) is 0 Å². The molecule has 2 aromatic rings. The first-order valence-electron chi connectivity index (χ1n) is 4.61. The quantitative estimate of drug-likeness (QED) is 0.825. The predicted molar refractivity (Wildman–Crippen MR) is 64.3 cm³/mol. The molecule has 2 aromatic carbocycles. The summed E-state index contributed by atoms with van der Waals surface area (Å²) < 4.78 is 1.14. The first-order valence-corrected chi connectivity index (χ1v) is 5.40. The van der Waals surface area contributed by atoms with E-state index in [0.717, 1.165) is 4.47 Å². The third-order valence-electron chi connectivity index (χ3n) is 2.61. The fourth-order valence-electron chi connectivity index (χ4n) is 1.74. The summed E-state index contributed by atoms with van der Waals surface area (Å²) in [5, 5.41) is 2.53. The van der Waals surface area contributed by atoms with Gasteiger partial charge in [0.05, 0.1) is 0 Å². The molecule has 14 heavy (non-hydrogen) atoms. The van der Waals surface area contributed by atoms with Gasteiger partial charge in [-0.25, -0.2) is 0 Å². The summed E-state index contributed by atoms with van der Waals surface area (Å²) in [5.41, 5.74) is 8.17. The minimum Gasteiger partial charge on any atom is -0.326 e. The molecule has 0 aliphatic rings. The number of nitrogens with two attached hydrogens (primary N) is 1. The fraction of sp³-hybridized carbons (Fsp3) is 0.167. The average molecular weight is 250 g/mol. The molecule has 72 valence electrons. The zero-order chi connectivity index (χ0) is 10.1. The molecule has 0 atom stereocenters. The molecule has 0 unspecified atom stereocenters. The zero-order valence-electron chi connectivity index (χ0n) is 8.05. The van der Waals surface area contributed by atoms with Gasteiger partial charge in [-0.1, -0.05) is 40.2 Å². The predicted octanol–water partition coefficient (Wildman–Crippen LogP) is 3.37. The van der Waals surface area contributed by atoms with Crippen LogP contribution in [-0.4, -0.2) is 0 Å². The summed E-state index contributed by atoms with van der Waals surface area (Å²) >= 11 is 3.55. The smallest absolute Gasteiger partial charge is 0.0253 e. The van der Waals surface area contributed by atoms with Gasteiger partial charge in [-0.15, -0.1) is 0 Å². The van der Waals surface area contributed by atoms with Crippen LogP contribution in [0.15, 0.2) is 34.8 Å². The second kappa shape index (κ2) is 3.71. The van der Waals surface area contributed by atoms with Gasteiger partial charge in [0.2, 0.25) is 0 Å². The van der Waals surface area contributed by atoms with E-state index in [-0.39, 0.29) is 0 Å². The first-order chi connectivity index (χ1) is 6.74. The van der Waals surface area contributed by atoms with Crippen LogP contribution in [0.25, 0.3) is 10.8 Å². The van der Waals surface area contributed by atoms with Crippen molar-refractivity contribution in [2.75, 3.05) is 0 Å². The second-order valence-corrected chi connectivity index (χ2v) is 4.24. The molecule has 0 radical (unpaired) electrons. The summed E-state index contributed by atoms with van der Waals surface area (Å²) in [6, 6.07) is 10.5. The number of halogens is 1. The SMILES string of the molecule is Cc1c(CN)ccc2c(Br)cccc12. The van der Waals surface area contributed by atoms with Crippen LogP contribution in [-0.2, 0) is 6.54 Å². The van der Waals surface area contributed by atoms with Gasteiger partial charge in [-0.2, -0.15) is 0 Å². The number of fused-ring (bicyclic) bond motifs is 1. The van der Waals surface area contributed by atoms with Crippen molar-refractivity contribution < 1.29 is 0 Å². The normalized spacial score (nSPS) is 10.8. The van der Waals surface area contributed by atoms with E-state index in [1.165, 1.54) is 21.9 Å². The van der Waals surface area contributed by atoms with Gasteiger partial charge in [0, 0.05) is 11.0 Å². The molecular weight excluding hydrogens is 238 g/mol. The summed E-state index contributed by atoms with van der Waals surface area (Å²) in [7, 11) is 0. The molecule has 0 heterocycles. The maximum absolute atomic E-state index is 5.67. The highest BCUT2D eigenvalue weighted by molar-refractivity contribution is 9.10. The monoisotopic (exact) mass is 249 g/mol. The van der Waals surface area contributed by atoms with Crippen LogP contribution in [0.4, 0.5) is 0 Å². The number of benzene rings is 2. The van der Waals surface area contributed by atoms with E-state index in [4.69, 9.17) is 5.73 Å². The van der Waals surface area contributed by atoms with Gasteiger partial charge in [0.25, 0.3) is 0 Å². The van der Waals surface area contributed by atoms with Crippen LogP contribution >= 0.6 is 15.9 Å². The van der Waals surface area contributed by atoms with Gasteiger partial charge >= 0.3 is 0 Å². The van der Waals surface area contributed by atoms with Crippen LogP contribution in [0, 0.1) is 6.92 Å². The molecule has 0 amide bonds. The van der Waals surface area contributed by atoms with Crippen molar-refractivity contribution in [3.05, 3.63) is 45.9 Å². The maximum Gasteiger partial charge on any atom is 0.0253 e. The fourth-order valence-corrected chi connectivity index (χ4v) is 2.23. The number of rotatable bonds is 1. The van der Waals surface area contributed by atoms with Gasteiger partial charge in [0.1, 0.15) is 0 Å². The standard InChI is InChI=1S/C12H12BrN/c1-8-9(7-14)5-6-11-10(8)3-2-4-12(11)13/h2-6H,7,14H2,1H3. The van der Waals surface area contributed by atoms with Crippen LogP contribution in [0.1, 0.15) is 11.1 Å². The summed E-state index contributed by atoms with van der Waals surface area (Å²) in [6.07, 6.45) is 0. The molecule has 0 aliphatic heterocycles. The maximum atomic E-state index is 5.67. The Labute approximate surface area is 92.1 Å². The zero-order valence-corrected chi connectivity index (χ0v) is 9.64. The van der Waals surface area contributed by atoms with Crippen molar-refractivity contribution in [1.82, 2.24) is 0 Å². The molecule has 0 aromatic heterocycles. The van der Waals surface area contributed by atoms with Crippen molar-refractivity contribution >= 4 is 26.7 Å². The average Bonchev–Trinajstić information content (AvgIpc) is 2.20. The molecule has 0 bridgehead atoms. The van der Waals surface area contributed by atoms with E-state index >= 15 is 0 Å². The van der Waals surface area contributed by atoms with Crippen LogP contribution in [0.2, 0.25) is 0 Å². The highest BCUT2D eigenvalue weighted by Crippen LogP contribution is 2.27. The highest BCUT2D eigenvalue weighted by atomic mass is 79.9. The van der Waals surface area contributed by atoms with Gasteiger partial charge in [-0.05, 0) is 34.9 Å². The van der Waals surface area contributed by atoms with Crippen LogP contribution in [0.5, 0.6) is 0 Å². The Morgan fingerprint density at radius 3 is 2.64 bits per heavy atom. The van der Waals surface area contributed by atoms with E-state index in [1.807, 2.05) is 0 Å². The third-order valence-corrected chi connectivity index (χ3v) is 3.30. The van der Waals surface area contributed by atoms with E-state index in [0.29, 0.717) is 6.54 Å². The molecule has 0 saturated carbocycles. The van der Waals surface area contributed by atoms with E-state index < -0.39 is 0 Å². The molecule has 2 N–H and O–H groups in total. The van der Waals surface area contributed by atoms with Gasteiger partial charge in [-0.3, -0.25) is 0 Å². The molecule has 1 nitrogen and oxygen atoms in total. The number of hydrogen-bond acceptors (Lipinski definition) is 1. The van der Waals surface area contributed by atoms with E-state index in [1.54, 1.807) is 0 Å². The molecular formula is C12H12BrN. The van der Waals surface area contributed by atoms with Crippen molar-refractivity contribution in [2.24, 2.45) is 5.73 Å². The molecule has 2 rings (SSSR count). The highest BCUT2D eigenvalue weighted by Gasteiger charge is 2.03. The van der Waals surface area contributed by atoms with Crippen LogP contribution in [0.3, 0.4) is 0 Å². The topological polar surface area (TPSA) is 26.0 Å². The van der Waals surface area contributed by atoms with Crippen molar-refractivity contribution in [1.29, 1.82) is 0 Å². The molecule has 2 heteroatoms. The second-order valence-electron chi connectivity index (χ2n) is 3.39. The van der Waals surface area contributed by atoms with E-state index in [2.05, 4.69) is 53.2 Å². The Hall–Kier alpha value is -0.860. The molecule has 0 spiro atoms. The Balaban J connectivity index is 2.84. The lowest BCUT2D eigenvalue weighted by Crippen LogP contribution is -1.99. The minimum absolute atomic E-state index is 0.605. The van der Waals surface area contributed by atoms with Gasteiger partial charge < -0.3 is 5.73 Å². The largest absolute Gasteiger partial charge is 0.326 e. The lowest BCUT2D eigenvalue weighted by molar-refractivity contribution is 1.06. The molecule has 0 fully saturated rings. The summed E-state index contributed by atoms with van der Waals surface area (Å²) in [4.78, 5) is 0. The first kappa shape index (κ1) is 9.69. The number of aryl methyl sites for hydroxylation is 1. The van der Waals surface area contributed by atoms with Crippen LogP contribution < -0.4 is 5.73 Å². The van der Waals surface area contributed by atoms with Crippen molar-refractivity contribution in [3.63, 3.8) is 0 Å². The molecule has 0 aliphatic carbocycles. The Morgan fingerprint density at radius 2 is 1.93 bits per heavy atom. The molecule has 0 saturated heterocycles.